The number of ether oxygens (including phenoxy) is 1. The van der Waals surface area contributed by atoms with Crippen molar-refractivity contribution >= 4 is 23.5 Å². The van der Waals surface area contributed by atoms with Gasteiger partial charge in [0.05, 0.1) is 6.54 Å². The van der Waals surface area contributed by atoms with Crippen molar-refractivity contribution in [1.29, 1.82) is 0 Å². The Bertz CT molecular complexity index is 857. The molecule has 2 aromatic carbocycles. The number of hydrogen-bond acceptors (Lipinski definition) is 4. The number of amides is 3. The summed E-state index contributed by atoms with van der Waals surface area (Å²) in [5.41, 5.74) is 2.10. The van der Waals surface area contributed by atoms with Gasteiger partial charge in [-0.15, -0.1) is 0 Å². The molecule has 1 aliphatic rings. The first-order valence-corrected chi connectivity index (χ1v) is 9.42. The molecule has 1 heterocycles. The first-order valence-electron chi connectivity index (χ1n) is 9.42. The fraction of sp³-hybridized carbons (Fsp3) is 0.333. The van der Waals surface area contributed by atoms with E-state index in [4.69, 9.17) is 4.74 Å². The minimum Gasteiger partial charge on any atom is -0.447 e. The largest absolute Gasteiger partial charge is 0.447 e. The summed E-state index contributed by atoms with van der Waals surface area (Å²) in [4.78, 5) is 29.9. The number of carbonyl (C=O) groups is 2. The van der Waals surface area contributed by atoms with Gasteiger partial charge in [-0.2, -0.15) is 0 Å². The molecule has 154 valence electrons. The average Bonchev–Trinajstić information content (AvgIpc) is 3.12. The molecular weight excluding hydrogens is 375 g/mol. The maximum atomic E-state index is 13.2. The van der Waals surface area contributed by atoms with Gasteiger partial charge in [-0.05, 0) is 50.0 Å². The molecule has 1 fully saturated rings. The van der Waals surface area contributed by atoms with Gasteiger partial charge in [-0.1, -0.05) is 18.2 Å². The number of nitrogens with zero attached hydrogens (tertiary/aromatic N) is 3. The van der Waals surface area contributed by atoms with E-state index < -0.39 is 6.09 Å². The third-order valence-electron chi connectivity index (χ3n) is 4.56. The standard InChI is InChI=1S/C21H25FN4O3/c1-24(2)10-11-25(15-16-6-8-17(22)9-7-16)20(27)23-18-4-3-5-19(14-18)26-12-13-29-21(26)28/h3-9,14H,10-13,15H2,1-2H3,(H,23,27). The SMILES string of the molecule is CN(C)CCN(Cc1ccc(F)cc1)C(=O)Nc1cccc(N2CCOC2=O)c1. The van der Waals surface area contributed by atoms with Crippen molar-refractivity contribution in [3.05, 3.63) is 59.9 Å². The topological polar surface area (TPSA) is 65.1 Å². The van der Waals surface area contributed by atoms with Crippen LogP contribution in [0, 0.1) is 5.82 Å². The molecule has 29 heavy (non-hydrogen) atoms. The van der Waals surface area contributed by atoms with E-state index in [9.17, 15) is 14.0 Å². The molecule has 0 saturated carbocycles. The molecule has 3 amide bonds. The van der Waals surface area contributed by atoms with E-state index in [1.54, 1.807) is 41.3 Å². The monoisotopic (exact) mass is 400 g/mol. The Morgan fingerprint density at radius 2 is 1.93 bits per heavy atom. The van der Waals surface area contributed by atoms with Gasteiger partial charge in [0, 0.05) is 31.0 Å². The number of anilines is 2. The summed E-state index contributed by atoms with van der Waals surface area (Å²) in [7, 11) is 3.87. The molecule has 7 nitrogen and oxygen atoms in total. The average molecular weight is 400 g/mol. The van der Waals surface area contributed by atoms with E-state index in [2.05, 4.69) is 5.32 Å². The van der Waals surface area contributed by atoms with Crippen molar-refractivity contribution < 1.29 is 18.7 Å². The number of rotatable bonds is 7. The van der Waals surface area contributed by atoms with E-state index >= 15 is 0 Å². The molecule has 0 radical (unpaired) electrons. The molecule has 0 unspecified atom stereocenters. The predicted molar refractivity (Wildman–Crippen MR) is 110 cm³/mol. The van der Waals surface area contributed by atoms with Crippen LogP contribution in [-0.4, -0.2) is 62.3 Å². The van der Waals surface area contributed by atoms with Gasteiger partial charge < -0.3 is 19.9 Å². The van der Waals surface area contributed by atoms with Crippen LogP contribution < -0.4 is 10.2 Å². The van der Waals surface area contributed by atoms with Crippen LogP contribution in [0.2, 0.25) is 0 Å². The Balaban J connectivity index is 1.71. The number of halogens is 1. The summed E-state index contributed by atoms with van der Waals surface area (Å²) in [6.45, 7) is 2.39. The first-order chi connectivity index (χ1) is 13.9. The van der Waals surface area contributed by atoms with E-state index in [1.165, 1.54) is 17.0 Å². The van der Waals surface area contributed by atoms with E-state index in [1.807, 2.05) is 19.0 Å². The second kappa shape index (κ2) is 9.38. The number of nitrogens with one attached hydrogen (secondary N) is 1. The highest BCUT2D eigenvalue weighted by atomic mass is 19.1. The smallest absolute Gasteiger partial charge is 0.414 e. The van der Waals surface area contributed by atoms with Gasteiger partial charge in [-0.25, -0.2) is 14.0 Å². The Hall–Kier alpha value is -3.13. The fourth-order valence-electron chi connectivity index (χ4n) is 2.97. The highest BCUT2D eigenvalue weighted by Crippen LogP contribution is 2.23. The molecule has 0 atom stereocenters. The molecule has 0 spiro atoms. The summed E-state index contributed by atoms with van der Waals surface area (Å²) in [6, 6.07) is 12.9. The number of urea groups is 1. The second-order valence-corrected chi connectivity index (χ2v) is 7.10. The van der Waals surface area contributed by atoms with Crippen LogP contribution in [0.15, 0.2) is 48.5 Å². The van der Waals surface area contributed by atoms with Gasteiger partial charge in [0.1, 0.15) is 12.4 Å². The van der Waals surface area contributed by atoms with Crippen LogP contribution in [0.1, 0.15) is 5.56 Å². The normalized spacial score (nSPS) is 13.5. The minimum absolute atomic E-state index is 0.266. The van der Waals surface area contributed by atoms with Gasteiger partial charge in [-0.3, -0.25) is 4.90 Å². The number of cyclic esters (lactones) is 1. The zero-order valence-electron chi connectivity index (χ0n) is 16.6. The number of likely N-dealkylation sites (N-methyl/N-ethyl adjacent to an activating group) is 1. The summed E-state index contributed by atoms with van der Waals surface area (Å²) >= 11 is 0. The first kappa shape index (κ1) is 20.6. The highest BCUT2D eigenvalue weighted by molar-refractivity contribution is 5.93. The van der Waals surface area contributed by atoms with Crippen molar-refractivity contribution in [3.63, 3.8) is 0 Å². The third kappa shape index (κ3) is 5.68. The Morgan fingerprint density at radius 1 is 1.17 bits per heavy atom. The molecule has 2 aromatic rings. The molecule has 0 bridgehead atoms. The maximum Gasteiger partial charge on any atom is 0.414 e. The highest BCUT2D eigenvalue weighted by Gasteiger charge is 2.24. The Labute approximate surface area is 169 Å². The molecular formula is C21H25FN4O3. The number of carbonyl (C=O) groups excluding carboxylic acids is 2. The lowest BCUT2D eigenvalue weighted by Crippen LogP contribution is -2.39. The molecule has 1 aliphatic heterocycles. The molecule has 1 saturated heterocycles. The lowest BCUT2D eigenvalue weighted by molar-refractivity contribution is 0.181. The number of benzene rings is 2. The lowest BCUT2D eigenvalue weighted by atomic mass is 10.2. The minimum atomic E-state index is -0.391. The Morgan fingerprint density at radius 3 is 2.59 bits per heavy atom. The van der Waals surface area contributed by atoms with Crippen molar-refractivity contribution in [2.45, 2.75) is 6.54 Å². The van der Waals surface area contributed by atoms with Crippen LogP contribution in [0.3, 0.4) is 0 Å². The summed E-state index contributed by atoms with van der Waals surface area (Å²) < 4.78 is 18.1. The Kier molecular flexibility index (Phi) is 6.66. The van der Waals surface area contributed by atoms with E-state index in [0.29, 0.717) is 44.2 Å². The summed E-state index contributed by atoms with van der Waals surface area (Å²) in [6.07, 6.45) is -0.391. The predicted octanol–water partition coefficient (Wildman–Crippen LogP) is 3.38. The lowest BCUT2D eigenvalue weighted by Gasteiger charge is -2.25. The van der Waals surface area contributed by atoms with Crippen molar-refractivity contribution in [3.8, 4) is 0 Å². The van der Waals surface area contributed by atoms with Gasteiger partial charge >= 0.3 is 12.1 Å². The maximum absolute atomic E-state index is 13.2. The fourth-order valence-corrected chi connectivity index (χ4v) is 2.97. The van der Waals surface area contributed by atoms with Crippen molar-refractivity contribution in [1.82, 2.24) is 9.80 Å². The van der Waals surface area contributed by atoms with Crippen LogP contribution in [0.25, 0.3) is 0 Å². The molecule has 1 N–H and O–H groups in total. The van der Waals surface area contributed by atoms with Crippen LogP contribution >= 0.6 is 0 Å². The van der Waals surface area contributed by atoms with Crippen molar-refractivity contribution in [2.24, 2.45) is 0 Å². The molecule has 0 aromatic heterocycles. The third-order valence-corrected chi connectivity index (χ3v) is 4.56. The molecule has 0 aliphatic carbocycles. The van der Waals surface area contributed by atoms with Gasteiger partial charge in [0.15, 0.2) is 0 Å². The molecule has 8 heteroatoms. The zero-order chi connectivity index (χ0) is 20.8. The van der Waals surface area contributed by atoms with Gasteiger partial charge in [0.2, 0.25) is 0 Å². The van der Waals surface area contributed by atoms with E-state index in [-0.39, 0.29) is 11.8 Å². The van der Waals surface area contributed by atoms with Crippen LogP contribution in [-0.2, 0) is 11.3 Å². The zero-order valence-corrected chi connectivity index (χ0v) is 16.6. The molecule has 3 rings (SSSR count). The second-order valence-electron chi connectivity index (χ2n) is 7.10. The summed E-state index contributed by atoms with van der Waals surface area (Å²) in [5.74, 6) is -0.310. The van der Waals surface area contributed by atoms with Crippen LogP contribution in [0.5, 0.6) is 0 Å². The van der Waals surface area contributed by atoms with Gasteiger partial charge in [0.25, 0.3) is 0 Å². The number of hydrogen-bond donors (Lipinski definition) is 1. The van der Waals surface area contributed by atoms with Crippen LogP contribution in [0.4, 0.5) is 25.4 Å². The van der Waals surface area contributed by atoms with E-state index in [0.717, 1.165) is 5.56 Å². The quantitative estimate of drug-likeness (QED) is 0.774. The van der Waals surface area contributed by atoms with Crippen molar-refractivity contribution in [2.75, 3.05) is 50.6 Å². The summed E-state index contributed by atoms with van der Waals surface area (Å²) in [5, 5.41) is 2.89.